The molecule has 0 bridgehead atoms. The van der Waals surface area contributed by atoms with E-state index in [-0.39, 0.29) is 22.4 Å². The molecule has 9 heteroatoms. The molecule has 4 nitrogen and oxygen atoms in total. The Morgan fingerprint density at radius 2 is 1.90 bits per heavy atom. The molecule has 1 heterocycles. The number of benzene rings is 1. The van der Waals surface area contributed by atoms with Gasteiger partial charge in [-0.05, 0) is 30.3 Å². The largest absolute Gasteiger partial charge is 0.573 e. The van der Waals surface area contributed by atoms with Crippen LogP contribution in [0, 0.1) is 0 Å². The summed E-state index contributed by atoms with van der Waals surface area (Å²) in [5.41, 5.74) is 0.0992. The molecule has 0 saturated carbocycles. The molecular weight excluding hydrogens is 362 g/mol. The van der Waals surface area contributed by atoms with E-state index in [4.69, 9.17) is 11.6 Å². The van der Waals surface area contributed by atoms with Crippen LogP contribution in [0.1, 0.15) is 0 Å². The molecular formula is C11H6BrClF3N3O. The zero-order chi connectivity index (χ0) is 14.8. The summed E-state index contributed by atoms with van der Waals surface area (Å²) in [6.45, 7) is 0. The minimum atomic E-state index is -4.79. The second kappa shape index (κ2) is 5.84. The van der Waals surface area contributed by atoms with Crippen LogP contribution in [0.4, 0.5) is 24.7 Å². The van der Waals surface area contributed by atoms with Crippen LogP contribution in [-0.4, -0.2) is 16.6 Å². The highest BCUT2D eigenvalue weighted by molar-refractivity contribution is 9.10. The number of hydrogen-bond donors (Lipinski definition) is 1. The van der Waals surface area contributed by atoms with E-state index in [1.165, 1.54) is 24.3 Å². The van der Waals surface area contributed by atoms with Gasteiger partial charge in [0.2, 0.25) is 0 Å². The number of ether oxygens (including phenoxy) is 1. The molecule has 0 spiro atoms. The standard InChI is InChI=1S/C11H6BrClF3N3O/c12-6-1-2-7(8(5-6)20-11(14,15)16)17-10-4-3-9(13)18-19-10/h1-5H,(H,17,19). The number of halogens is 5. The normalized spacial score (nSPS) is 11.2. The Morgan fingerprint density at radius 3 is 2.50 bits per heavy atom. The van der Waals surface area contributed by atoms with Crippen LogP contribution in [0.15, 0.2) is 34.8 Å². The van der Waals surface area contributed by atoms with Gasteiger partial charge in [-0.3, -0.25) is 0 Å². The lowest BCUT2D eigenvalue weighted by Gasteiger charge is -2.14. The van der Waals surface area contributed by atoms with E-state index < -0.39 is 6.36 Å². The minimum Gasteiger partial charge on any atom is -0.404 e. The lowest BCUT2D eigenvalue weighted by Crippen LogP contribution is -2.18. The lowest BCUT2D eigenvalue weighted by molar-refractivity contribution is -0.274. The highest BCUT2D eigenvalue weighted by Gasteiger charge is 2.32. The van der Waals surface area contributed by atoms with Gasteiger partial charge in [-0.2, -0.15) is 0 Å². The average Bonchev–Trinajstić information content (AvgIpc) is 2.33. The van der Waals surface area contributed by atoms with Crippen molar-refractivity contribution in [1.29, 1.82) is 0 Å². The summed E-state index contributed by atoms with van der Waals surface area (Å²) in [6, 6.07) is 7.12. The van der Waals surface area contributed by atoms with E-state index >= 15 is 0 Å². The van der Waals surface area contributed by atoms with Crippen LogP contribution in [0.25, 0.3) is 0 Å². The van der Waals surface area contributed by atoms with Crippen molar-refractivity contribution < 1.29 is 17.9 Å². The molecule has 20 heavy (non-hydrogen) atoms. The van der Waals surface area contributed by atoms with Gasteiger partial charge in [-0.15, -0.1) is 23.4 Å². The van der Waals surface area contributed by atoms with Gasteiger partial charge in [-0.25, -0.2) is 0 Å². The van der Waals surface area contributed by atoms with E-state index in [0.29, 0.717) is 4.47 Å². The first-order valence-electron chi connectivity index (χ1n) is 5.15. The van der Waals surface area contributed by atoms with Gasteiger partial charge >= 0.3 is 6.36 Å². The highest BCUT2D eigenvalue weighted by Crippen LogP contribution is 2.34. The maximum atomic E-state index is 12.3. The van der Waals surface area contributed by atoms with Crippen molar-refractivity contribution in [1.82, 2.24) is 10.2 Å². The second-order valence-corrected chi connectivity index (χ2v) is 4.86. The van der Waals surface area contributed by atoms with Gasteiger partial charge < -0.3 is 10.1 Å². The molecule has 106 valence electrons. The number of nitrogens with one attached hydrogen (secondary N) is 1. The van der Waals surface area contributed by atoms with E-state index in [9.17, 15) is 13.2 Å². The predicted molar refractivity (Wildman–Crippen MR) is 71.1 cm³/mol. The number of nitrogens with zero attached hydrogens (tertiary/aromatic N) is 2. The summed E-state index contributed by atoms with van der Waals surface area (Å²) < 4.78 is 41.4. The Bertz CT molecular complexity index is 607. The monoisotopic (exact) mass is 367 g/mol. The Kier molecular flexibility index (Phi) is 4.34. The third-order valence-corrected chi connectivity index (χ3v) is 2.76. The number of hydrogen-bond acceptors (Lipinski definition) is 4. The van der Waals surface area contributed by atoms with Crippen molar-refractivity contribution in [3.8, 4) is 5.75 Å². The van der Waals surface area contributed by atoms with E-state index in [1.54, 1.807) is 6.07 Å². The third-order valence-electron chi connectivity index (χ3n) is 2.06. The first kappa shape index (κ1) is 14.9. The fraction of sp³-hybridized carbons (Fsp3) is 0.0909. The number of alkyl halides is 3. The number of aromatic nitrogens is 2. The fourth-order valence-electron chi connectivity index (χ4n) is 1.33. The molecule has 0 atom stereocenters. The maximum Gasteiger partial charge on any atom is 0.573 e. The third kappa shape index (κ3) is 4.24. The van der Waals surface area contributed by atoms with Gasteiger partial charge in [0.25, 0.3) is 0 Å². The second-order valence-electron chi connectivity index (χ2n) is 3.55. The molecule has 0 aliphatic carbocycles. The summed E-state index contributed by atoms with van der Waals surface area (Å²) in [4.78, 5) is 0. The van der Waals surface area contributed by atoms with Crippen molar-refractivity contribution in [2.24, 2.45) is 0 Å². The summed E-state index contributed by atoms with van der Waals surface area (Å²) in [7, 11) is 0. The summed E-state index contributed by atoms with van der Waals surface area (Å²) >= 11 is 8.65. The van der Waals surface area contributed by atoms with Crippen molar-refractivity contribution in [2.75, 3.05) is 5.32 Å². The van der Waals surface area contributed by atoms with Crippen LogP contribution in [-0.2, 0) is 0 Å². The first-order chi connectivity index (χ1) is 9.33. The predicted octanol–water partition coefficient (Wildman–Crippen LogP) is 4.53. The molecule has 2 aromatic rings. The number of rotatable bonds is 3. The molecule has 0 aliphatic rings. The molecule has 1 N–H and O–H groups in total. The average molecular weight is 369 g/mol. The molecule has 0 aliphatic heterocycles. The van der Waals surface area contributed by atoms with Crippen LogP contribution in [0.2, 0.25) is 5.15 Å². The van der Waals surface area contributed by atoms with E-state index in [2.05, 4.69) is 36.2 Å². The first-order valence-corrected chi connectivity index (χ1v) is 6.32. The molecule has 1 aromatic carbocycles. The summed E-state index contributed by atoms with van der Waals surface area (Å²) in [5, 5.41) is 10.1. The molecule has 0 amide bonds. The SMILES string of the molecule is FC(F)(F)Oc1cc(Br)ccc1Nc1ccc(Cl)nn1. The van der Waals surface area contributed by atoms with E-state index in [1.807, 2.05) is 0 Å². The highest BCUT2D eigenvalue weighted by atomic mass is 79.9. The van der Waals surface area contributed by atoms with Crippen molar-refractivity contribution in [3.05, 3.63) is 40.0 Å². The molecule has 0 unspecified atom stereocenters. The van der Waals surface area contributed by atoms with Crippen LogP contribution >= 0.6 is 27.5 Å². The van der Waals surface area contributed by atoms with Crippen molar-refractivity contribution in [3.63, 3.8) is 0 Å². The topological polar surface area (TPSA) is 47.0 Å². The zero-order valence-corrected chi connectivity index (χ0v) is 11.9. The van der Waals surface area contributed by atoms with E-state index in [0.717, 1.165) is 0 Å². The zero-order valence-electron chi connectivity index (χ0n) is 9.58. The Morgan fingerprint density at radius 1 is 1.15 bits per heavy atom. The quantitative estimate of drug-likeness (QED) is 0.864. The molecule has 0 saturated heterocycles. The van der Waals surface area contributed by atoms with Gasteiger partial charge in [0, 0.05) is 4.47 Å². The van der Waals surface area contributed by atoms with Crippen molar-refractivity contribution in [2.45, 2.75) is 6.36 Å². The molecule has 1 aromatic heterocycles. The minimum absolute atomic E-state index is 0.0992. The van der Waals surface area contributed by atoms with Gasteiger partial charge in [0.1, 0.15) is 0 Å². The summed E-state index contributed by atoms with van der Waals surface area (Å²) in [6.07, 6.45) is -4.79. The molecule has 2 rings (SSSR count). The summed E-state index contributed by atoms with van der Waals surface area (Å²) in [5.74, 6) is -0.146. The molecule has 0 radical (unpaired) electrons. The fourth-order valence-corrected chi connectivity index (χ4v) is 1.77. The smallest absolute Gasteiger partial charge is 0.404 e. The van der Waals surface area contributed by atoms with Gasteiger partial charge in [0.05, 0.1) is 5.69 Å². The lowest BCUT2D eigenvalue weighted by atomic mass is 10.3. The maximum absolute atomic E-state index is 12.3. The molecule has 0 fully saturated rings. The van der Waals surface area contributed by atoms with Gasteiger partial charge in [-0.1, -0.05) is 27.5 Å². The van der Waals surface area contributed by atoms with Gasteiger partial charge in [0.15, 0.2) is 16.7 Å². The van der Waals surface area contributed by atoms with Crippen molar-refractivity contribution >= 4 is 39.0 Å². The van der Waals surface area contributed by atoms with Crippen LogP contribution < -0.4 is 10.1 Å². The Labute approximate surface area is 125 Å². The Hall–Kier alpha value is -1.54. The number of anilines is 2. The van der Waals surface area contributed by atoms with Crippen LogP contribution in [0.3, 0.4) is 0 Å². The van der Waals surface area contributed by atoms with Crippen LogP contribution in [0.5, 0.6) is 5.75 Å². The Balaban J connectivity index is 2.28.